The summed E-state index contributed by atoms with van der Waals surface area (Å²) in [5.41, 5.74) is 5.73. The van der Waals surface area contributed by atoms with E-state index >= 15 is 0 Å². The first-order valence-corrected chi connectivity index (χ1v) is 8.31. The highest BCUT2D eigenvalue weighted by atomic mass is 79.9. The minimum atomic E-state index is -0.476. The molecule has 0 atom stereocenters. The van der Waals surface area contributed by atoms with Gasteiger partial charge in [0.2, 0.25) is 0 Å². The number of benzene rings is 1. The number of aromatic nitrogens is 1. The van der Waals surface area contributed by atoms with Crippen molar-refractivity contribution in [3.05, 3.63) is 62.8 Å². The fraction of sp³-hybridized carbons (Fsp3) is 0.0625. The summed E-state index contributed by atoms with van der Waals surface area (Å²) in [5, 5.41) is 0. The van der Waals surface area contributed by atoms with Crippen LogP contribution < -0.4 is 15.6 Å². The Morgan fingerprint density at radius 3 is 2.54 bits per heavy atom. The van der Waals surface area contributed by atoms with Gasteiger partial charge in [-0.15, -0.1) is 0 Å². The maximum Gasteiger partial charge on any atom is 0.269 e. The van der Waals surface area contributed by atoms with E-state index < -0.39 is 11.8 Å². The molecule has 24 heavy (non-hydrogen) atoms. The number of ether oxygens (including phenoxy) is 1. The minimum absolute atomic E-state index is 0.395. The molecule has 2 aromatic rings. The molecule has 1 aromatic heterocycles. The van der Waals surface area contributed by atoms with Crippen molar-refractivity contribution in [3.63, 3.8) is 0 Å². The van der Waals surface area contributed by atoms with E-state index in [1.54, 1.807) is 25.3 Å². The van der Waals surface area contributed by atoms with Crippen molar-refractivity contribution in [2.24, 2.45) is 0 Å². The van der Waals surface area contributed by atoms with E-state index in [1.807, 2.05) is 12.1 Å². The standard InChI is InChI=1S/C16H13Br2N3O3/c1-24-15-11(8-12(17)9-13(15)18)2-3-14(22)20-21-16(23)10-4-6-19-7-5-10/h2-9H,1H3,(H,20,22)(H,21,23)/b3-2+. The van der Waals surface area contributed by atoms with Gasteiger partial charge >= 0.3 is 0 Å². The van der Waals surface area contributed by atoms with Crippen molar-refractivity contribution in [3.8, 4) is 5.75 Å². The van der Waals surface area contributed by atoms with Gasteiger partial charge in [0, 0.05) is 34.1 Å². The Kier molecular flexibility index (Phi) is 6.51. The Morgan fingerprint density at radius 2 is 1.88 bits per heavy atom. The van der Waals surface area contributed by atoms with Crippen molar-refractivity contribution in [1.29, 1.82) is 0 Å². The number of hydrazine groups is 1. The topological polar surface area (TPSA) is 80.3 Å². The summed E-state index contributed by atoms with van der Waals surface area (Å²) in [6, 6.07) is 6.73. The number of carbonyl (C=O) groups excluding carboxylic acids is 2. The number of rotatable bonds is 4. The number of pyridine rings is 1. The lowest BCUT2D eigenvalue weighted by atomic mass is 10.2. The van der Waals surface area contributed by atoms with Crippen LogP contribution in [0.2, 0.25) is 0 Å². The van der Waals surface area contributed by atoms with Gasteiger partial charge in [0.15, 0.2) is 0 Å². The third-order valence-electron chi connectivity index (χ3n) is 2.90. The maximum atomic E-state index is 11.8. The summed E-state index contributed by atoms with van der Waals surface area (Å²) in [6.45, 7) is 0. The predicted molar refractivity (Wildman–Crippen MR) is 97.3 cm³/mol. The van der Waals surface area contributed by atoms with Gasteiger partial charge in [-0.25, -0.2) is 0 Å². The third kappa shape index (κ3) is 4.90. The first kappa shape index (κ1) is 18.2. The SMILES string of the molecule is COc1c(Br)cc(Br)cc1/C=C/C(=O)NNC(=O)c1ccncc1. The van der Waals surface area contributed by atoms with Gasteiger partial charge in [-0.3, -0.25) is 25.4 Å². The molecular formula is C16H13Br2N3O3. The van der Waals surface area contributed by atoms with E-state index in [4.69, 9.17) is 4.74 Å². The Labute approximate surface area is 155 Å². The molecule has 0 unspecified atom stereocenters. The van der Waals surface area contributed by atoms with Crippen LogP contribution in [0.5, 0.6) is 5.75 Å². The Balaban J connectivity index is 2.00. The Morgan fingerprint density at radius 1 is 1.17 bits per heavy atom. The van der Waals surface area contributed by atoms with Gasteiger partial charge in [-0.05, 0) is 46.3 Å². The van der Waals surface area contributed by atoms with Gasteiger partial charge in [-0.2, -0.15) is 0 Å². The van der Waals surface area contributed by atoms with Gasteiger partial charge in [-0.1, -0.05) is 15.9 Å². The predicted octanol–water partition coefficient (Wildman–Crippen LogP) is 3.09. The van der Waals surface area contributed by atoms with Gasteiger partial charge in [0.05, 0.1) is 11.6 Å². The molecule has 2 N–H and O–H groups in total. The number of carbonyl (C=O) groups is 2. The average Bonchev–Trinajstić information content (AvgIpc) is 2.58. The zero-order valence-corrected chi connectivity index (χ0v) is 15.7. The number of nitrogens with one attached hydrogen (secondary N) is 2. The third-order valence-corrected chi connectivity index (χ3v) is 3.94. The monoisotopic (exact) mass is 453 g/mol. The van der Waals surface area contributed by atoms with Gasteiger partial charge in [0.25, 0.3) is 11.8 Å². The smallest absolute Gasteiger partial charge is 0.269 e. The van der Waals surface area contributed by atoms with E-state index in [-0.39, 0.29) is 0 Å². The second kappa shape index (κ2) is 8.60. The molecule has 6 nitrogen and oxygen atoms in total. The zero-order valence-electron chi connectivity index (χ0n) is 12.5. The number of hydrogen-bond acceptors (Lipinski definition) is 4. The number of amides is 2. The molecule has 0 radical (unpaired) electrons. The number of nitrogens with zero attached hydrogens (tertiary/aromatic N) is 1. The molecule has 0 spiro atoms. The Hall–Kier alpha value is -2.19. The lowest BCUT2D eigenvalue weighted by Gasteiger charge is -2.08. The number of halogens is 2. The van der Waals surface area contributed by atoms with Crippen LogP contribution in [-0.2, 0) is 4.79 Å². The minimum Gasteiger partial charge on any atom is -0.495 e. The van der Waals surface area contributed by atoms with Crippen LogP contribution in [0.4, 0.5) is 0 Å². The van der Waals surface area contributed by atoms with E-state index in [1.165, 1.54) is 18.5 Å². The van der Waals surface area contributed by atoms with Gasteiger partial charge < -0.3 is 4.74 Å². The van der Waals surface area contributed by atoms with Crippen molar-refractivity contribution in [2.45, 2.75) is 0 Å². The molecule has 1 heterocycles. The first-order chi connectivity index (χ1) is 11.5. The summed E-state index contributed by atoms with van der Waals surface area (Å²) >= 11 is 6.77. The lowest BCUT2D eigenvalue weighted by Crippen LogP contribution is -2.40. The maximum absolute atomic E-state index is 11.8. The van der Waals surface area contributed by atoms with Crippen LogP contribution >= 0.6 is 31.9 Å². The van der Waals surface area contributed by atoms with Crippen LogP contribution in [0.3, 0.4) is 0 Å². The molecule has 0 aliphatic rings. The molecule has 0 aliphatic carbocycles. The fourth-order valence-corrected chi connectivity index (χ4v) is 3.24. The van der Waals surface area contributed by atoms with Crippen molar-refractivity contribution in [2.75, 3.05) is 7.11 Å². The van der Waals surface area contributed by atoms with Crippen LogP contribution in [0, 0.1) is 0 Å². The molecular weight excluding hydrogens is 442 g/mol. The highest BCUT2D eigenvalue weighted by molar-refractivity contribution is 9.11. The molecule has 8 heteroatoms. The van der Waals surface area contributed by atoms with E-state index in [9.17, 15) is 9.59 Å². The highest BCUT2D eigenvalue weighted by Crippen LogP contribution is 2.33. The fourth-order valence-electron chi connectivity index (χ4n) is 1.82. The normalized spacial score (nSPS) is 10.5. The first-order valence-electron chi connectivity index (χ1n) is 6.72. The number of hydrogen-bond donors (Lipinski definition) is 2. The molecule has 2 rings (SSSR count). The summed E-state index contributed by atoms with van der Waals surface area (Å²) in [7, 11) is 1.54. The zero-order chi connectivity index (χ0) is 17.5. The van der Waals surface area contributed by atoms with Crippen LogP contribution in [-0.4, -0.2) is 23.9 Å². The second-order valence-corrected chi connectivity index (χ2v) is 6.29. The molecule has 1 aromatic carbocycles. The molecule has 124 valence electrons. The lowest BCUT2D eigenvalue weighted by molar-refractivity contribution is -0.117. The van der Waals surface area contributed by atoms with Gasteiger partial charge in [0.1, 0.15) is 5.75 Å². The average molecular weight is 455 g/mol. The summed E-state index contributed by atoms with van der Waals surface area (Å²) in [5.74, 6) is -0.305. The van der Waals surface area contributed by atoms with E-state index in [0.29, 0.717) is 16.9 Å². The van der Waals surface area contributed by atoms with Crippen LogP contribution in [0.15, 0.2) is 51.7 Å². The molecule has 2 amide bonds. The van der Waals surface area contributed by atoms with Crippen molar-refractivity contribution >= 4 is 49.8 Å². The summed E-state index contributed by atoms with van der Waals surface area (Å²) in [6.07, 6.45) is 5.87. The molecule has 0 bridgehead atoms. The quantitative estimate of drug-likeness (QED) is 0.549. The van der Waals surface area contributed by atoms with Crippen molar-refractivity contribution in [1.82, 2.24) is 15.8 Å². The Bertz CT molecular complexity index is 780. The molecule has 0 fully saturated rings. The molecule has 0 saturated carbocycles. The summed E-state index contributed by atoms with van der Waals surface area (Å²) in [4.78, 5) is 27.5. The molecule has 0 saturated heterocycles. The van der Waals surface area contributed by atoms with Crippen LogP contribution in [0.25, 0.3) is 6.08 Å². The van der Waals surface area contributed by atoms with E-state index in [0.717, 1.165) is 8.95 Å². The summed E-state index contributed by atoms with van der Waals surface area (Å²) < 4.78 is 6.88. The largest absolute Gasteiger partial charge is 0.495 e. The van der Waals surface area contributed by atoms with Crippen LogP contribution in [0.1, 0.15) is 15.9 Å². The van der Waals surface area contributed by atoms with Crippen molar-refractivity contribution < 1.29 is 14.3 Å². The number of methoxy groups -OCH3 is 1. The highest BCUT2D eigenvalue weighted by Gasteiger charge is 2.08. The van der Waals surface area contributed by atoms with E-state index in [2.05, 4.69) is 47.7 Å². The second-order valence-electron chi connectivity index (χ2n) is 4.52. The molecule has 0 aliphatic heterocycles.